The Hall–Kier alpha value is -2.45. The Morgan fingerprint density at radius 2 is 1.65 bits per heavy atom. The van der Waals surface area contributed by atoms with E-state index in [1.54, 1.807) is 30.4 Å². The highest BCUT2D eigenvalue weighted by atomic mass is 35.5. The SMILES string of the molecule is CC(Cc1ccc(/C=C/c2ccc(Cl)cc2F)cc1F)c1ccccc1. The van der Waals surface area contributed by atoms with Crippen LogP contribution < -0.4 is 0 Å². The standard InChI is InChI=1S/C23H19ClF2/c1-16(18-5-3-2-4-6-18)13-20-10-8-17(14-22(20)25)7-9-19-11-12-21(24)15-23(19)26/h2-12,14-16H,13H2,1H3/b9-7+. The summed E-state index contributed by atoms with van der Waals surface area (Å²) >= 11 is 5.74. The highest BCUT2D eigenvalue weighted by Gasteiger charge is 2.10. The van der Waals surface area contributed by atoms with Gasteiger partial charge >= 0.3 is 0 Å². The van der Waals surface area contributed by atoms with Crippen LogP contribution in [0.5, 0.6) is 0 Å². The summed E-state index contributed by atoms with van der Waals surface area (Å²) in [5.41, 5.74) is 2.97. The molecule has 1 unspecified atom stereocenters. The van der Waals surface area contributed by atoms with Crippen LogP contribution in [0.2, 0.25) is 5.02 Å². The molecule has 0 aliphatic rings. The second-order valence-corrected chi connectivity index (χ2v) is 6.80. The number of halogens is 3. The van der Waals surface area contributed by atoms with Crippen LogP contribution in [0.1, 0.15) is 35.1 Å². The summed E-state index contributed by atoms with van der Waals surface area (Å²) in [4.78, 5) is 0. The summed E-state index contributed by atoms with van der Waals surface area (Å²) < 4.78 is 28.3. The van der Waals surface area contributed by atoms with Crippen LogP contribution in [0, 0.1) is 11.6 Å². The van der Waals surface area contributed by atoms with Gasteiger partial charge in [0.1, 0.15) is 11.6 Å². The minimum Gasteiger partial charge on any atom is -0.207 e. The molecular formula is C23H19ClF2. The van der Waals surface area contributed by atoms with E-state index in [4.69, 9.17) is 11.6 Å². The maximum absolute atomic E-state index is 14.5. The highest BCUT2D eigenvalue weighted by Crippen LogP contribution is 2.23. The lowest BCUT2D eigenvalue weighted by Crippen LogP contribution is -2.00. The Balaban J connectivity index is 1.74. The number of hydrogen-bond donors (Lipinski definition) is 0. The quantitative estimate of drug-likeness (QED) is 0.420. The predicted octanol–water partition coefficient (Wildman–Crippen LogP) is 7.13. The molecule has 0 aliphatic heterocycles. The Bertz CT molecular complexity index is 917. The van der Waals surface area contributed by atoms with Crippen molar-refractivity contribution in [3.05, 3.63) is 106 Å². The lowest BCUT2D eigenvalue weighted by molar-refractivity contribution is 0.597. The molecule has 0 bridgehead atoms. The molecule has 0 aliphatic carbocycles. The molecule has 0 spiro atoms. The van der Waals surface area contributed by atoms with Crippen molar-refractivity contribution in [2.45, 2.75) is 19.3 Å². The van der Waals surface area contributed by atoms with Gasteiger partial charge in [-0.05, 0) is 47.2 Å². The maximum Gasteiger partial charge on any atom is 0.131 e. The monoisotopic (exact) mass is 368 g/mol. The fourth-order valence-electron chi connectivity index (χ4n) is 2.88. The molecule has 3 rings (SSSR count). The van der Waals surface area contributed by atoms with Gasteiger partial charge in [0.2, 0.25) is 0 Å². The van der Waals surface area contributed by atoms with E-state index in [1.807, 2.05) is 24.3 Å². The van der Waals surface area contributed by atoms with Crippen LogP contribution in [-0.2, 0) is 6.42 Å². The lowest BCUT2D eigenvalue weighted by Gasteiger charge is -2.13. The summed E-state index contributed by atoms with van der Waals surface area (Å²) in [6.07, 6.45) is 3.94. The summed E-state index contributed by atoms with van der Waals surface area (Å²) in [6, 6.07) is 19.7. The average Bonchev–Trinajstić information content (AvgIpc) is 2.63. The van der Waals surface area contributed by atoms with Crippen LogP contribution >= 0.6 is 11.6 Å². The van der Waals surface area contributed by atoms with Gasteiger partial charge in [0.15, 0.2) is 0 Å². The fourth-order valence-corrected chi connectivity index (χ4v) is 3.04. The van der Waals surface area contributed by atoms with Crippen LogP contribution in [-0.4, -0.2) is 0 Å². The topological polar surface area (TPSA) is 0 Å². The van der Waals surface area contributed by atoms with E-state index in [1.165, 1.54) is 17.7 Å². The van der Waals surface area contributed by atoms with Crippen molar-refractivity contribution < 1.29 is 8.78 Å². The number of hydrogen-bond acceptors (Lipinski definition) is 0. The van der Waals surface area contributed by atoms with Gasteiger partial charge in [-0.3, -0.25) is 0 Å². The van der Waals surface area contributed by atoms with Crippen LogP contribution in [0.15, 0.2) is 66.7 Å². The van der Waals surface area contributed by atoms with E-state index < -0.39 is 5.82 Å². The summed E-state index contributed by atoms with van der Waals surface area (Å²) in [5.74, 6) is -0.413. The van der Waals surface area contributed by atoms with Crippen molar-refractivity contribution >= 4 is 23.8 Å². The largest absolute Gasteiger partial charge is 0.207 e. The molecule has 3 aromatic rings. The third kappa shape index (κ3) is 4.59. The molecule has 0 saturated heterocycles. The van der Waals surface area contributed by atoms with Crippen molar-refractivity contribution in [1.82, 2.24) is 0 Å². The molecule has 0 aromatic heterocycles. The first-order chi connectivity index (χ1) is 12.5. The normalized spacial score (nSPS) is 12.5. The molecule has 3 heteroatoms. The van der Waals surface area contributed by atoms with E-state index >= 15 is 0 Å². The van der Waals surface area contributed by atoms with Crippen molar-refractivity contribution in [3.8, 4) is 0 Å². The minimum atomic E-state index is -0.400. The Labute approximate surface area is 157 Å². The van der Waals surface area contributed by atoms with E-state index in [0.29, 0.717) is 28.1 Å². The lowest BCUT2D eigenvalue weighted by atomic mass is 9.93. The molecule has 0 fully saturated rings. The van der Waals surface area contributed by atoms with Gasteiger partial charge < -0.3 is 0 Å². The maximum atomic E-state index is 14.5. The second kappa shape index (κ2) is 8.29. The van der Waals surface area contributed by atoms with Gasteiger partial charge in [0.05, 0.1) is 0 Å². The van der Waals surface area contributed by atoms with Crippen LogP contribution in [0.3, 0.4) is 0 Å². The highest BCUT2D eigenvalue weighted by molar-refractivity contribution is 6.30. The molecule has 0 nitrogen and oxygen atoms in total. The fraction of sp³-hybridized carbons (Fsp3) is 0.130. The van der Waals surface area contributed by atoms with Gasteiger partial charge in [0, 0.05) is 10.6 Å². The molecule has 0 N–H and O–H groups in total. The zero-order valence-corrected chi connectivity index (χ0v) is 15.2. The van der Waals surface area contributed by atoms with E-state index in [9.17, 15) is 8.78 Å². The summed E-state index contributed by atoms with van der Waals surface area (Å²) in [5, 5.41) is 0.350. The molecule has 3 aromatic carbocycles. The molecule has 0 saturated carbocycles. The second-order valence-electron chi connectivity index (χ2n) is 6.37. The molecule has 0 amide bonds. The zero-order chi connectivity index (χ0) is 18.5. The first-order valence-electron chi connectivity index (χ1n) is 8.49. The Morgan fingerprint density at radius 1 is 0.885 bits per heavy atom. The molecule has 1 atom stereocenters. The number of rotatable bonds is 5. The van der Waals surface area contributed by atoms with Crippen LogP contribution in [0.25, 0.3) is 12.2 Å². The van der Waals surface area contributed by atoms with Crippen molar-refractivity contribution in [1.29, 1.82) is 0 Å². The van der Waals surface area contributed by atoms with Gasteiger partial charge in [-0.1, -0.05) is 79.2 Å². The third-order valence-electron chi connectivity index (χ3n) is 4.39. The van der Waals surface area contributed by atoms with Gasteiger partial charge in [-0.15, -0.1) is 0 Å². The van der Waals surface area contributed by atoms with Crippen LogP contribution in [0.4, 0.5) is 8.78 Å². The van der Waals surface area contributed by atoms with Gasteiger partial charge in [-0.25, -0.2) is 8.78 Å². The third-order valence-corrected chi connectivity index (χ3v) is 4.62. The van der Waals surface area contributed by atoms with Gasteiger partial charge in [0.25, 0.3) is 0 Å². The Morgan fingerprint density at radius 3 is 2.35 bits per heavy atom. The van der Waals surface area contributed by atoms with Gasteiger partial charge in [-0.2, -0.15) is 0 Å². The van der Waals surface area contributed by atoms with E-state index in [-0.39, 0.29) is 11.7 Å². The van der Waals surface area contributed by atoms with Crippen molar-refractivity contribution in [2.24, 2.45) is 0 Å². The minimum absolute atomic E-state index is 0.232. The molecular weight excluding hydrogens is 350 g/mol. The van der Waals surface area contributed by atoms with E-state index in [2.05, 4.69) is 19.1 Å². The average molecular weight is 369 g/mol. The Kier molecular flexibility index (Phi) is 5.85. The molecule has 132 valence electrons. The van der Waals surface area contributed by atoms with Crippen molar-refractivity contribution in [2.75, 3.05) is 0 Å². The first-order valence-corrected chi connectivity index (χ1v) is 8.87. The zero-order valence-electron chi connectivity index (χ0n) is 14.4. The van der Waals surface area contributed by atoms with E-state index in [0.717, 1.165) is 0 Å². The molecule has 0 radical (unpaired) electrons. The predicted molar refractivity (Wildman–Crippen MR) is 105 cm³/mol. The summed E-state index contributed by atoms with van der Waals surface area (Å²) in [6.45, 7) is 2.09. The summed E-state index contributed by atoms with van der Waals surface area (Å²) in [7, 11) is 0. The van der Waals surface area contributed by atoms with Crippen molar-refractivity contribution in [3.63, 3.8) is 0 Å². The number of benzene rings is 3. The first kappa shape index (κ1) is 18.3. The molecule has 0 heterocycles. The molecule has 26 heavy (non-hydrogen) atoms. The smallest absolute Gasteiger partial charge is 0.131 e.